The van der Waals surface area contributed by atoms with E-state index in [9.17, 15) is 9.18 Å². The number of halogens is 2. The number of rotatable bonds is 2. The number of hydrogen-bond donors (Lipinski definition) is 0. The van der Waals surface area contributed by atoms with Gasteiger partial charge in [0.2, 0.25) is 0 Å². The molecule has 0 aromatic heterocycles. The van der Waals surface area contributed by atoms with E-state index in [0.29, 0.717) is 5.75 Å². The predicted molar refractivity (Wildman–Crippen MR) is 72.3 cm³/mol. The van der Waals surface area contributed by atoms with Crippen LogP contribution in [0.5, 0.6) is 5.75 Å². The van der Waals surface area contributed by atoms with Crippen molar-refractivity contribution in [3.05, 3.63) is 63.9 Å². The quantitative estimate of drug-likeness (QED) is 0.604. The van der Waals surface area contributed by atoms with Crippen LogP contribution in [-0.4, -0.2) is 5.97 Å². The molecule has 0 atom stereocenters. The van der Waals surface area contributed by atoms with Crippen LogP contribution in [0.15, 0.2) is 36.4 Å². The molecule has 0 aliphatic heterocycles. The van der Waals surface area contributed by atoms with Crippen LogP contribution in [0.1, 0.15) is 21.5 Å². The zero-order valence-corrected chi connectivity index (χ0v) is 11.3. The first-order valence-electron chi connectivity index (χ1n) is 5.72. The summed E-state index contributed by atoms with van der Waals surface area (Å²) in [4.78, 5) is 11.9. The van der Waals surface area contributed by atoms with Gasteiger partial charge in [0.15, 0.2) is 0 Å². The maximum absolute atomic E-state index is 13.6. The van der Waals surface area contributed by atoms with Crippen LogP contribution in [0.25, 0.3) is 0 Å². The van der Waals surface area contributed by atoms with Gasteiger partial charge in [0, 0.05) is 0 Å². The Morgan fingerprint density at radius 3 is 2.58 bits per heavy atom. The van der Waals surface area contributed by atoms with Crippen molar-refractivity contribution in [1.29, 1.82) is 0 Å². The third-order valence-corrected chi connectivity index (χ3v) is 3.01. The number of aryl methyl sites for hydroxylation is 2. The fourth-order valence-electron chi connectivity index (χ4n) is 1.76. The number of hydrogen-bond acceptors (Lipinski definition) is 2. The van der Waals surface area contributed by atoms with E-state index in [1.54, 1.807) is 6.07 Å². The molecule has 0 bridgehead atoms. The van der Waals surface area contributed by atoms with Gasteiger partial charge in [-0.05, 0) is 37.6 Å². The first kappa shape index (κ1) is 13.6. The maximum atomic E-state index is 13.6. The number of benzene rings is 2. The van der Waals surface area contributed by atoms with E-state index >= 15 is 0 Å². The minimum atomic E-state index is -0.796. The summed E-state index contributed by atoms with van der Waals surface area (Å²) in [5.74, 6) is -1.09. The molecule has 0 aliphatic carbocycles. The van der Waals surface area contributed by atoms with Gasteiger partial charge in [0.25, 0.3) is 0 Å². The molecule has 19 heavy (non-hydrogen) atoms. The minimum Gasteiger partial charge on any atom is -0.423 e. The van der Waals surface area contributed by atoms with Crippen LogP contribution >= 0.6 is 11.6 Å². The van der Waals surface area contributed by atoms with Crippen LogP contribution < -0.4 is 4.74 Å². The Morgan fingerprint density at radius 1 is 1.21 bits per heavy atom. The van der Waals surface area contributed by atoms with Crippen molar-refractivity contribution in [2.24, 2.45) is 0 Å². The monoisotopic (exact) mass is 278 g/mol. The fourth-order valence-corrected chi connectivity index (χ4v) is 2.00. The van der Waals surface area contributed by atoms with E-state index in [2.05, 4.69) is 0 Å². The van der Waals surface area contributed by atoms with Crippen molar-refractivity contribution >= 4 is 17.6 Å². The highest BCUT2D eigenvalue weighted by Crippen LogP contribution is 2.24. The Labute approximate surface area is 115 Å². The molecule has 98 valence electrons. The largest absolute Gasteiger partial charge is 0.423 e. The molecule has 2 aromatic rings. The summed E-state index contributed by atoms with van der Waals surface area (Å²) in [7, 11) is 0. The Hall–Kier alpha value is -1.87. The molecule has 0 saturated carbocycles. The van der Waals surface area contributed by atoms with Gasteiger partial charge in [-0.25, -0.2) is 9.18 Å². The molecule has 2 aromatic carbocycles. The van der Waals surface area contributed by atoms with Crippen molar-refractivity contribution in [3.8, 4) is 5.75 Å². The molecule has 2 nitrogen and oxygen atoms in total. The Kier molecular flexibility index (Phi) is 3.86. The molecule has 0 heterocycles. The summed E-state index contributed by atoms with van der Waals surface area (Å²) in [6, 6.07) is 9.43. The molecule has 0 aliphatic rings. The Morgan fingerprint density at radius 2 is 1.95 bits per heavy atom. The summed E-state index contributed by atoms with van der Waals surface area (Å²) in [6.07, 6.45) is 0. The lowest BCUT2D eigenvalue weighted by Crippen LogP contribution is -2.12. The number of esters is 1. The van der Waals surface area contributed by atoms with Crippen LogP contribution in [0.4, 0.5) is 4.39 Å². The second-order valence-corrected chi connectivity index (χ2v) is 4.66. The molecule has 0 N–H and O–H groups in total. The van der Waals surface area contributed by atoms with E-state index in [1.807, 2.05) is 26.0 Å². The highest BCUT2D eigenvalue weighted by atomic mass is 35.5. The molecule has 0 amide bonds. The van der Waals surface area contributed by atoms with Gasteiger partial charge in [-0.3, -0.25) is 0 Å². The first-order chi connectivity index (χ1) is 8.99. The van der Waals surface area contributed by atoms with Gasteiger partial charge in [0.05, 0.1) is 5.02 Å². The van der Waals surface area contributed by atoms with Gasteiger partial charge in [0.1, 0.15) is 17.1 Å². The normalized spacial score (nSPS) is 10.3. The van der Waals surface area contributed by atoms with Gasteiger partial charge in [-0.2, -0.15) is 0 Å². The Bertz CT molecular complexity index is 618. The molecular weight excluding hydrogens is 267 g/mol. The van der Waals surface area contributed by atoms with E-state index in [0.717, 1.165) is 11.1 Å². The molecule has 0 radical (unpaired) electrons. The second kappa shape index (κ2) is 5.41. The fraction of sp³-hybridized carbons (Fsp3) is 0.133. The molecule has 0 saturated heterocycles. The van der Waals surface area contributed by atoms with Gasteiger partial charge in [-0.15, -0.1) is 0 Å². The van der Waals surface area contributed by atoms with E-state index in [1.165, 1.54) is 18.2 Å². The molecule has 0 fully saturated rings. The van der Waals surface area contributed by atoms with Crippen molar-refractivity contribution in [3.63, 3.8) is 0 Å². The summed E-state index contributed by atoms with van der Waals surface area (Å²) in [5.41, 5.74) is 1.62. The van der Waals surface area contributed by atoms with Crippen molar-refractivity contribution < 1.29 is 13.9 Å². The SMILES string of the molecule is Cc1ccc(OC(=O)c2c(F)cccc2Cl)c(C)c1. The number of ether oxygens (including phenoxy) is 1. The molecule has 2 rings (SSSR count). The smallest absolute Gasteiger partial charge is 0.348 e. The topological polar surface area (TPSA) is 26.3 Å². The summed E-state index contributed by atoms with van der Waals surface area (Å²) in [5, 5.41) is 0.0368. The highest BCUT2D eigenvalue weighted by molar-refractivity contribution is 6.33. The first-order valence-corrected chi connectivity index (χ1v) is 6.10. The van der Waals surface area contributed by atoms with Crippen molar-refractivity contribution in [1.82, 2.24) is 0 Å². The van der Waals surface area contributed by atoms with E-state index in [4.69, 9.17) is 16.3 Å². The molecule has 0 unspecified atom stereocenters. The highest BCUT2D eigenvalue weighted by Gasteiger charge is 2.18. The zero-order chi connectivity index (χ0) is 14.0. The average Bonchev–Trinajstić information content (AvgIpc) is 2.32. The maximum Gasteiger partial charge on any atom is 0.348 e. The number of carbonyl (C=O) groups is 1. The van der Waals surface area contributed by atoms with Crippen LogP contribution in [-0.2, 0) is 0 Å². The van der Waals surface area contributed by atoms with Gasteiger partial charge in [-0.1, -0.05) is 35.4 Å². The zero-order valence-electron chi connectivity index (χ0n) is 10.5. The summed E-state index contributed by atoms with van der Waals surface area (Å²) >= 11 is 5.81. The third kappa shape index (κ3) is 2.93. The number of carbonyl (C=O) groups excluding carboxylic acids is 1. The third-order valence-electron chi connectivity index (χ3n) is 2.70. The summed E-state index contributed by atoms with van der Waals surface area (Å²) in [6.45, 7) is 3.75. The molecule has 0 spiro atoms. The van der Waals surface area contributed by atoms with E-state index in [-0.39, 0.29) is 10.6 Å². The van der Waals surface area contributed by atoms with Gasteiger partial charge >= 0.3 is 5.97 Å². The van der Waals surface area contributed by atoms with Crippen LogP contribution in [0.3, 0.4) is 0 Å². The second-order valence-electron chi connectivity index (χ2n) is 4.26. The molecular formula is C15H12ClFO2. The predicted octanol–water partition coefficient (Wildman–Crippen LogP) is 4.32. The summed E-state index contributed by atoms with van der Waals surface area (Å²) < 4.78 is 18.8. The van der Waals surface area contributed by atoms with Crippen molar-refractivity contribution in [2.75, 3.05) is 0 Å². The lowest BCUT2D eigenvalue weighted by molar-refractivity contribution is 0.0729. The van der Waals surface area contributed by atoms with Crippen LogP contribution in [0.2, 0.25) is 5.02 Å². The minimum absolute atomic E-state index is 0.0368. The van der Waals surface area contributed by atoms with Crippen LogP contribution in [0, 0.1) is 19.7 Å². The van der Waals surface area contributed by atoms with Crippen molar-refractivity contribution in [2.45, 2.75) is 13.8 Å². The lowest BCUT2D eigenvalue weighted by atomic mass is 10.1. The lowest BCUT2D eigenvalue weighted by Gasteiger charge is -2.09. The Balaban J connectivity index is 2.31. The average molecular weight is 279 g/mol. The molecule has 4 heteroatoms. The van der Waals surface area contributed by atoms with E-state index < -0.39 is 11.8 Å². The van der Waals surface area contributed by atoms with Gasteiger partial charge < -0.3 is 4.74 Å². The standard InChI is InChI=1S/C15H12ClFO2/c1-9-6-7-13(10(2)8-9)19-15(18)14-11(16)4-3-5-12(14)17/h3-8H,1-2H3.